The molecule has 1 aliphatic carbocycles. The van der Waals surface area contributed by atoms with Crippen LogP contribution < -0.4 is 5.32 Å². The van der Waals surface area contributed by atoms with E-state index in [0.29, 0.717) is 0 Å². The van der Waals surface area contributed by atoms with Gasteiger partial charge in [-0.25, -0.2) is 0 Å². The smallest absolute Gasteiger partial charge is 0.0399 e. The first-order valence-electron chi connectivity index (χ1n) is 7.48. The summed E-state index contributed by atoms with van der Waals surface area (Å²) in [4.78, 5) is 0. The van der Waals surface area contributed by atoms with Gasteiger partial charge in [0.15, 0.2) is 0 Å². The van der Waals surface area contributed by atoms with Gasteiger partial charge >= 0.3 is 0 Å². The van der Waals surface area contributed by atoms with E-state index in [9.17, 15) is 0 Å². The molecule has 0 spiro atoms. The Kier molecular flexibility index (Phi) is 4.68. The van der Waals surface area contributed by atoms with Crippen molar-refractivity contribution in [1.29, 1.82) is 0 Å². The second kappa shape index (κ2) is 6.26. The molecule has 0 saturated heterocycles. The van der Waals surface area contributed by atoms with Crippen molar-refractivity contribution < 1.29 is 0 Å². The monoisotopic (exact) mass is 245 g/mol. The highest BCUT2D eigenvalue weighted by Gasteiger charge is 2.12. The first-order chi connectivity index (χ1) is 8.66. The summed E-state index contributed by atoms with van der Waals surface area (Å²) in [6.45, 7) is 7.77. The van der Waals surface area contributed by atoms with Gasteiger partial charge in [0, 0.05) is 12.2 Å². The number of hydrogen-bond acceptors (Lipinski definition) is 1. The van der Waals surface area contributed by atoms with Gasteiger partial charge in [0.1, 0.15) is 0 Å². The van der Waals surface area contributed by atoms with Crippen molar-refractivity contribution in [3.05, 3.63) is 28.8 Å². The zero-order chi connectivity index (χ0) is 13.0. The highest BCUT2D eigenvalue weighted by atomic mass is 14.9. The highest BCUT2D eigenvalue weighted by molar-refractivity contribution is 5.58. The van der Waals surface area contributed by atoms with Crippen molar-refractivity contribution in [1.82, 2.24) is 0 Å². The molecule has 1 aliphatic rings. The molecule has 0 aliphatic heterocycles. The van der Waals surface area contributed by atoms with E-state index in [1.54, 1.807) is 0 Å². The summed E-state index contributed by atoms with van der Waals surface area (Å²) in [6.07, 6.45) is 8.57. The van der Waals surface area contributed by atoms with E-state index in [2.05, 4.69) is 38.2 Å². The van der Waals surface area contributed by atoms with Gasteiger partial charge in [0.2, 0.25) is 0 Å². The molecule has 1 N–H and O–H groups in total. The van der Waals surface area contributed by atoms with E-state index in [-0.39, 0.29) is 0 Å². The average molecular weight is 245 g/mol. The van der Waals surface area contributed by atoms with Crippen LogP contribution in [0.25, 0.3) is 0 Å². The summed E-state index contributed by atoms with van der Waals surface area (Å²) in [6, 6.07) is 4.56. The van der Waals surface area contributed by atoms with Gasteiger partial charge in [-0.15, -0.1) is 0 Å². The van der Waals surface area contributed by atoms with Gasteiger partial charge < -0.3 is 5.32 Å². The van der Waals surface area contributed by atoms with E-state index in [1.807, 2.05) is 0 Å². The molecule has 1 aromatic rings. The van der Waals surface area contributed by atoms with Crippen LogP contribution in [0.2, 0.25) is 0 Å². The number of anilines is 1. The van der Waals surface area contributed by atoms with E-state index in [1.165, 1.54) is 60.9 Å². The average Bonchev–Trinajstić information content (AvgIpc) is 2.56. The van der Waals surface area contributed by atoms with Crippen LogP contribution in [-0.4, -0.2) is 6.54 Å². The van der Waals surface area contributed by atoms with Crippen LogP contribution in [0, 0.1) is 26.7 Å². The molecule has 0 unspecified atom stereocenters. The Labute approximate surface area is 112 Å². The van der Waals surface area contributed by atoms with Crippen LogP contribution in [0.4, 0.5) is 5.69 Å². The van der Waals surface area contributed by atoms with Crippen LogP contribution in [0.3, 0.4) is 0 Å². The third-order valence-electron chi connectivity index (χ3n) is 4.22. The molecule has 0 amide bonds. The minimum absolute atomic E-state index is 0.882. The molecule has 1 aromatic carbocycles. The Morgan fingerprint density at radius 2 is 1.50 bits per heavy atom. The fraction of sp³-hybridized carbons (Fsp3) is 0.647. The predicted molar refractivity (Wildman–Crippen MR) is 80.3 cm³/mol. The van der Waals surface area contributed by atoms with Crippen LogP contribution in [0.1, 0.15) is 55.2 Å². The topological polar surface area (TPSA) is 12.0 Å². The largest absolute Gasteiger partial charge is 0.384 e. The van der Waals surface area contributed by atoms with Crippen molar-refractivity contribution >= 4 is 5.69 Å². The number of nitrogens with one attached hydrogen (secondary N) is 1. The third kappa shape index (κ3) is 3.51. The van der Waals surface area contributed by atoms with Crippen molar-refractivity contribution in [3.63, 3.8) is 0 Å². The maximum Gasteiger partial charge on any atom is 0.0399 e. The molecule has 0 bridgehead atoms. The fourth-order valence-corrected chi connectivity index (χ4v) is 3.27. The predicted octanol–water partition coefficient (Wildman–Crippen LogP) is 4.99. The van der Waals surface area contributed by atoms with Crippen LogP contribution >= 0.6 is 0 Å². The van der Waals surface area contributed by atoms with Crippen LogP contribution in [0.5, 0.6) is 0 Å². The minimum Gasteiger partial charge on any atom is -0.384 e. The lowest BCUT2D eigenvalue weighted by Gasteiger charge is -2.19. The minimum atomic E-state index is 0.882. The molecule has 18 heavy (non-hydrogen) atoms. The molecule has 0 radical (unpaired) electrons. The molecular formula is C17H27N. The van der Waals surface area contributed by atoms with Crippen molar-refractivity contribution in [2.75, 3.05) is 11.9 Å². The van der Waals surface area contributed by atoms with Gasteiger partial charge in [0.05, 0.1) is 0 Å². The molecule has 1 heteroatoms. The Bertz CT molecular complexity index is 364. The fourth-order valence-electron chi connectivity index (χ4n) is 3.27. The SMILES string of the molecule is Cc1cc(C)c(NCC2CCCCCC2)c(C)c1. The lowest BCUT2D eigenvalue weighted by atomic mass is 9.99. The number of benzene rings is 1. The number of aryl methyl sites for hydroxylation is 3. The van der Waals surface area contributed by atoms with Crippen molar-refractivity contribution in [2.45, 2.75) is 59.3 Å². The van der Waals surface area contributed by atoms with E-state index in [4.69, 9.17) is 0 Å². The lowest BCUT2D eigenvalue weighted by Crippen LogP contribution is -2.15. The van der Waals surface area contributed by atoms with Crippen LogP contribution in [-0.2, 0) is 0 Å². The highest BCUT2D eigenvalue weighted by Crippen LogP contribution is 2.26. The standard InChI is InChI=1S/C17H27N/c1-13-10-14(2)17(15(3)11-13)18-12-16-8-6-4-5-7-9-16/h10-11,16,18H,4-9,12H2,1-3H3. The summed E-state index contributed by atoms with van der Waals surface area (Å²) in [5.74, 6) is 0.882. The first kappa shape index (κ1) is 13.5. The molecule has 1 nitrogen and oxygen atoms in total. The summed E-state index contributed by atoms with van der Waals surface area (Å²) < 4.78 is 0. The maximum absolute atomic E-state index is 3.71. The summed E-state index contributed by atoms with van der Waals surface area (Å²) >= 11 is 0. The molecule has 0 atom stereocenters. The van der Waals surface area contributed by atoms with E-state index >= 15 is 0 Å². The van der Waals surface area contributed by atoms with Gasteiger partial charge in [0.25, 0.3) is 0 Å². The zero-order valence-corrected chi connectivity index (χ0v) is 12.2. The lowest BCUT2D eigenvalue weighted by molar-refractivity contribution is 0.483. The number of rotatable bonds is 3. The van der Waals surface area contributed by atoms with E-state index < -0.39 is 0 Å². The summed E-state index contributed by atoms with van der Waals surface area (Å²) in [5.41, 5.74) is 5.51. The Balaban J connectivity index is 1.97. The van der Waals surface area contributed by atoms with Gasteiger partial charge in [-0.2, -0.15) is 0 Å². The van der Waals surface area contributed by atoms with E-state index in [0.717, 1.165) is 12.5 Å². The molecular weight excluding hydrogens is 218 g/mol. The molecule has 1 saturated carbocycles. The maximum atomic E-state index is 3.71. The Morgan fingerprint density at radius 3 is 2.06 bits per heavy atom. The van der Waals surface area contributed by atoms with Gasteiger partial charge in [-0.05, 0) is 50.7 Å². The summed E-state index contributed by atoms with van der Waals surface area (Å²) in [7, 11) is 0. The quantitative estimate of drug-likeness (QED) is 0.739. The molecule has 0 heterocycles. The second-order valence-corrected chi connectivity index (χ2v) is 6.01. The molecule has 100 valence electrons. The Morgan fingerprint density at radius 1 is 0.944 bits per heavy atom. The van der Waals surface area contributed by atoms with Crippen molar-refractivity contribution in [3.8, 4) is 0 Å². The zero-order valence-electron chi connectivity index (χ0n) is 12.2. The van der Waals surface area contributed by atoms with Crippen LogP contribution in [0.15, 0.2) is 12.1 Å². The molecule has 2 rings (SSSR count). The normalized spacial score (nSPS) is 17.5. The van der Waals surface area contributed by atoms with Gasteiger partial charge in [-0.1, -0.05) is 43.4 Å². The van der Waals surface area contributed by atoms with Crippen molar-refractivity contribution in [2.24, 2.45) is 5.92 Å². The molecule has 0 aromatic heterocycles. The van der Waals surface area contributed by atoms with Gasteiger partial charge in [-0.3, -0.25) is 0 Å². The number of hydrogen-bond donors (Lipinski definition) is 1. The first-order valence-corrected chi connectivity index (χ1v) is 7.48. The third-order valence-corrected chi connectivity index (χ3v) is 4.22. The Hall–Kier alpha value is -0.980. The molecule has 1 fully saturated rings. The summed E-state index contributed by atoms with van der Waals surface area (Å²) in [5, 5.41) is 3.71. The second-order valence-electron chi connectivity index (χ2n) is 6.01.